The molecule has 0 N–H and O–H groups in total. The SMILES string of the molecule is [CH]1[CH][CH][CH][CH]1.[CH]1[CH][CH][CH][CH]1.[Yb].[c-]1ccccc1. The van der Waals surface area contributed by atoms with Gasteiger partial charge in [-0.05, 0) is 64.2 Å². The van der Waals surface area contributed by atoms with E-state index < -0.39 is 0 Å². The Morgan fingerprint density at radius 1 is 0.412 bits per heavy atom. The molecule has 0 saturated heterocycles. The van der Waals surface area contributed by atoms with Gasteiger partial charge in [-0.1, -0.05) is 0 Å². The number of hydrogen-bond donors (Lipinski definition) is 0. The molecule has 2 fully saturated rings. The maximum atomic E-state index is 2.89. The first-order valence-corrected chi connectivity index (χ1v) is 5.24. The summed E-state index contributed by atoms with van der Waals surface area (Å²) in [5.74, 6) is 0. The maximum absolute atomic E-state index is 2.89. The molecule has 0 bridgehead atoms. The summed E-state index contributed by atoms with van der Waals surface area (Å²) in [5.41, 5.74) is 0. The van der Waals surface area contributed by atoms with Crippen LogP contribution in [0.4, 0.5) is 0 Å². The Kier molecular flexibility index (Phi) is 15.4. The molecule has 1 aromatic rings. The van der Waals surface area contributed by atoms with Crippen molar-refractivity contribution in [1.82, 2.24) is 0 Å². The topological polar surface area (TPSA) is 0 Å². The zero-order chi connectivity index (χ0) is 11.3. The van der Waals surface area contributed by atoms with E-state index in [1.54, 1.807) is 0 Å². The third-order valence-electron chi connectivity index (χ3n) is 1.72. The molecule has 0 heterocycles. The average molecular weight is 380 g/mol. The number of benzene rings is 1. The molecule has 0 unspecified atom stereocenters. The van der Waals surface area contributed by atoms with Crippen LogP contribution in [-0.2, 0) is 0 Å². The van der Waals surface area contributed by atoms with Gasteiger partial charge in [0, 0.05) is 46.9 Å². The fourth-order valence-corrected chi connectivity index (χ4v) is 0.983. The fraction of sp³-hybridized carbons (Fsp3) is 0. The number of rotatable bonds is 0. The Morgan fingerprint density at radius 2 is 0.706 bits per heavy atom. The van der Waals surface area contributed by atoms with Crippen LogP contribution in [0.3, 0.4) is 0 Å². The van der Waals surface area contributed by atoms with Crippen molar-refractivity contribution in [2.45, 2.75) is 0 Å². The molecule has 2 saturated carbocycles. The van der Waals surface area contributed by atoms with Crippen molar-refractivity contribution in [2.75, 3.05) is 0 Å². The normalized spacial score (nSPS) is 16.9. The molecule has 1 heteroatoms. The smallest absolute Gasteiger partial charge is 0 e. The van der Waals surface area contributed by atoms with Crippen LogP contribution in [0.15, 0.2) is 30.3 Å². The minimum atomic E-state index is 0. The van der Waals surface area contributed by atoms with E-state index in [1.165, 1.54) is 0 Å². The van der Waals surface area contributed by atoms with E-state index in [9.17, 15) is 0 Å². The first-order valence-electron chi connectivity index (χ1n) is 5.24. The first-order chi connectivity index (χ1) is 8.00. The zero-order valence-corrected chi connectivity index (χ0v) is 11.1. The van der Waals surface area contributed by atoms with E-state index in [4.69, 9.17) is 0 Å². The summed E-state index contributed by atoms with van der Waals surface area (Å²) in [4.78, 5) is 0. The molecule has 94 valence electrons. The van der Waals surface area contributed by atoms with Gasteiger partial charge in [-0.3, -0.25) is 0 Å². The maximum Gasteiger partial charge on any atom is 0 e. The first kappa shape index (κ1) is 17.7. The van der Waals surface area contributed by atoms with Crippen LogP contribution < -0.4 is 0 Å². The Bertz CT molecular complexity index is 160. The summed E-state index contributed by atoms with van der Waals surface area (Å²) < 4.78 is 0. The van der Waals surface area contributed by atoms with Crippen molar-refractivity contribution in [1.29, 1.82) is 0 Å². The fourth-order valence-electron chi connectivity index (χ4n) is 0.983. The van der Waals surface area contributed by atoms with Crippen molar-refractivity contribution >= 4 is 0 Å². The standard InChI is InChI=1S/C6H5.2C5H5.Yb/c1-2-4-6-5-3-1;2*1-2-4-5-3-1;/h1-5H;2*1-5H;/q-1;;;. The van der Waals surface area contributed by atoms with Gasteiger partial charge in [0.25, 0.3) is 0 Å². The van der Waals surface area contributed by atoms with Gasteiger partial charge in [0.1, 0.15) is 0 Å². The molecular formula is C16H15Yb-. The monoisotopic (exact) mass is 381 g/mol. The van der Waals surface area contributed by atoms with Gasteiger partial charge in [-0.15, -0.1) is 0 Å². The van der Waals surface area contributed by atoms with Gasteiger partial charge in [-0.2, -0.15) is 36.4 Å². The molecule has 1 aromatic carbocycles. The molecule has 0 nitrogen and oxygen atoms in total. The van der Waals surface area contributed by atoms with Crippen molar-refractivity contribution in [3.8, 4) is 0 Å². The minimum absolute atomic E-state index is 0. The molecule has 0 atom stereocenters. The van der Waals surface area contributed by atoms with Crippen molar-refractivity contribution in [2.24, 2.45) is 0 Å². The van der Waals surface area contributed by atoms with Gasteiger partial charge in [-0.25, -0.2) is 0 Å². The van der Waals surface area contributed by atoms with Crippen LogP contribution in [0.1, 0.15) is 0 Å². The van der Waals surface area contributed by atoms with Gasteiger partial charge in [0.15, 0.2) is 0 Å². The van der Waals surface area contributed by atoms with Crippen LogP contribution in [0.5, 0.6) is 0 Å². The van der Waals surface area contributed by atoms with Crippen LogP contribution in [0.2, 0.25) is 0 Å². The Morgan fingerprint density at radius 3 is 0.824 bits per heavy atom. The van der Waals surface area contributed by atoms with Gasteiger partial charge < -0.3 is 0 Å². The van der Waals surface area contributed by atoms with Crippen LogP contribution in [-0.4, -0.2) is 0 Å². The van der Waals surface area contributed by atoms with Gasteiger partial charge >= 0.3 is 0 Å². The van der Waals surface area contributed by atoms with E-state index in [0.29, 0.717) is 0 Å². The van der Waals surface area contributed by atoms with Crippen molar-refractivity contribution in [3.63, 3.8) is 0 Å². The molecule has 2 aliphatic carbocycles. The summed E-state index contributed by atoms with van der Waals surface area (Å²) in [5, 5.41) is 0. The van der Waals surface area contributed by atoms with Crippen LogP contribution in [0.25, 0.3) is 0 Å². The predicted molar refractivity (Wildman–Crippen MR) is 68.3 cm³/mol. The molecule has 10 radical (unpaired) electrons. The Hall–Kier alpha value is 0.739. The average Bonchev–Trinajstić information content (AvgIpc) is 3.10. The molecule has 2 aliphatic rings. The third-order valence-corrected chi connectivity index (χ3v) is 1.72. The van der Waals surface area contributed by atoms with E-state index in [2.05, 4.69) is 6.07 Å². The van der Waals surface area contributed by atoms with Gasteiger partial charge in [0.05, 0.1) is 0 Å². The molecular weight excluding hydrogens is 365 g/mol. The summed E-state index contributed by atoms with van der Waals surface area (Å²) in [6.07, 6.45) is 20.0. The second-order valence-electron chi connectivity index (χ2n) is 3.00. The zero-order valence-electron chi connectivity index (χ0n) is 9.43. The summed E-state index contributed by atoms with van der Waals surface area (Å²) in [7, 11) is 0. The molecule has 3 rings (SSSR count). The molecule has 0 aromatic heterocycles. The van der Waals surface area contributed by atoms with E-state index in [0.717, 1.165) is 0 Å². The Balaban J connectivity index is 0.000000221. The van der Waals surface area contributed by atoms with Crippen LogP contribution in [0, 0.1) is 117 Å². The largest absolute Gasteiger partial charge is 0.184 e. The van der Waals surface area contributed by atoms with Gasteiger partial charge in [0.2, 0.25) is 0 Å². The van der Waals surface area contributed by atoms with Crippen LogP contribution >= 0.6 is 0 Å². The number of hydrogen-bond acceptors (Lipinski definition) is 0. The van der Waals surface area contributed by atoms with Crippen molar-refractivity contribution in [3.05, 3.63) is 101 Å². The van der Waals surface area contributed by atoms with E-state index in [1.807, 2.05) is 94.5 Å². The molecule has 0 spiro atoms. The third kappa shape index (κ3) is 13.0. The predicted octanol–water partition coefficient (Wildman–Crippen LogP) is 3.53. The van der Waals surface area contributed by atoms with Crippen molar-refractivity contribution < 1.29 is 46.9 Å². The molecule has 0 amide bonds. The summed E-state index contributed by atoms with van der Waals surface area (Å²) >= 11 is 0. The summed E-state index contributed by atoms with van der Waals surface area (Å²) in [6.45, 7) is 0. The Labute approximate surface area is 146 Å². The second kappa shape index (κ2) is 14.8. The van der Waals surface area contributed by atoms with E-state index in [-0.39, 0.29) is 46.9 Å². The molecule has 0 aliphatic heterocycles. The molecule has 17 heavy (non-hydrogen) atoms. The summed E-state index contributed by atoms with van der Waals surface area (Å²) in [6, 6.07) is 12.5. The quantitative estimate of drug-likeness (QED) is 0.604. The minimum Gasteiger partial charge on any atom is -0.184 e. The van der Waals surface area contributed by atoms with E-state index >= 15 is 0 Å². The second-order valence-corrected chi connectivity index (χ2v) is 3.00.